The van der Waals surface area contributed by atoms with E-state index in [1.807, 2.05) is 6.92 Å². The quantitative estimate of drug-likeness (QED) is 0.0876. The molecule has 0 saturated heterocycles. The molecule has 0 bridgehead atoms. The summed E-state index contributed by atoms with van der Waals surface area (Å²) in [7, 11) is 0. The predicted octanol–water partition coefficient (Wildman–Crippen LogP) is 17.6. The number of hydrogen-bond acceptors (Lipinski definition) is 2. The molecule has 0 amide bonds. The topological polar surface area (TPSA) is 34.1 Å². The normalized spacial score (nSPS) is 17.4. The third kappa shape index (κ3) is 21.1. The number of ketones is 2. The molecule has 1 aromatic rings. The second-order valence-electron chi connectivity index (χ2n) is 17.0. The molecular weight excluding hydrogens is 705 g/mol. The summed E-state index contributed by atoms with van der Waals surface area (Å²) in [6.07, 6.45) is 37.3. The Morgan fingerprint density at radius 2 is 0.707 bits per heavy atom. The van der Waals surface area contributed by atoms with Crippen molar-refractivity contribution in [3.8, 4) is 0 Å². The van der Waals surface area contributed by atoms with Crippen molar-refractivity contribution in [2.24, 2.45) is 0 Å². The van der Waals surface area contributed by atoms with Gasteiger partial charge in [-0.05, 0) is 185 Å². The van der Waals surface area contributed by atoms with Gasteiger partial charge in [-0.15, -0.1) is 0 Å². The van der Waals surface area contributed by atoms with Crippen molar-refractivity contribution in [2.45, 2.75) is 185 Å². The highest BCUT2D eigenvalue weighted by atomic mass is 16.1. The average molecular weight is 792 g/mol. The molecule has 0 radical (unpaired) electrons. The van der Waals surface area contributed by atoms with Crippen LogP contribution in [0.1, 0.15) is 216 Å². The summed E-state index contributed by atoms with van der Waals surface area (Å²) in [6.45, 7) is 18.9. The number of carbonyl (C=O) groups excluding carboxylic acids is 2. The third-order valence-corrected chi connectivity index (χ3v) is 10.9. The smallest absolute Gasteiger partial charge is 0.190 e. The molecule has 0 aliphatic heterocycles. The minimum Gasteiger partial charge on any atom is -0.289 e. The van der Waals surface area contributed by atoms with Crippen LogP contribution in [0.5, 0.6) is 0 Å². The van der Waals surface area contributed by atoms with E-state index < -0.39 is 59.3 Å². The van der Waals surface area contributed by atoms with E-state index in [1.54, 1.807) is 6.08 Å². The molecule has 58 heavy (non-hydrogen) atoms. The number of Topliss-reactive ketones (excluding diaryl/α,β-unsaturated/α-hetero) is 2. The molecule has 2 nitrogen and oxygen atoms in total. The summed E-state index contributed by atoms with van der Waals surface area (Å²) in [5.74, 6) is -1.88. The molecule has 1 aliphatic carbocycles. The van der Waals surface area contributed by atoms with Crippen LogP contribution in [0.15, 0.2) is 140 Å². The number of allylic oxidation sites excluding steroid dienone is 20. The van der Waals surface area contributed by atoms with Crippen molar-refractivity contribution in [2.75, 3.05) is 0 Å². The number of fused-ring (bicyclic) bond motifs is 1. The first-order valence-corrected chi connectivity index (χ1v) is 21.9. The maximum absolute atomic E-state index is 13.5. The predicted molar refractivity (Wildman–Crippen MR) is 256 cm³/mol. The number of benzene rings is 1. The van der Waals surface area contributed by atoms with Crippen molar-refractivity contribution in [1.82, 2.24) is 0 Å². The zero-order valence-electron chi connectivity index (χ0n) is 45.0. The van der Waals surface area contributed by atoms with E-state index in [2.05, 4.69) is 111 Å². The molecular formula is C56H80O2. The van der Waals surface area contributed by atoms with Crippen LogP contribution in [-0.2, 0) is 0 Å². The number of rotatable bonds is 26. The number of carbonyl (C=O) groups is 2. The zero-order valence-corrected chi connectivity index (χ0v) is 38.0. The van der Waals surface area contributed by atoms with Gasteiger partial charge in [0.15, 0.2) is 11.6 Å². The van der Waals surface area contributed by atoms with Gasteiger partial charge in [0, 0.05) is 26.4 Å². The van der Waals surface area contributed by atoms with Crippen molar-refractivity contribution < 1.29 is 19.2 Å². The molecule has 0 aromatic heterocycles. The first-order valence-electron chi connectivity index (χ1n) is 25.4. The van der Waals surface area contributed by atoms with Crippen LogP contribution in [0, 0.1) is 0 Å². The van der Waals surface area contributed by atoms with Gasteiger partial charge in [0.1, 0.15) is 0 Å². The van der Waals surface area contributed by atoms with Gasteiger partial charge < -0.3 is 0 Å². The minimum atomic E-state index is -2.92. The largest absolute Gasteiger partial charge is 0.289 e. The Hall–Kier alpha value is -4.04. The summed E-state index contributed by atoms with van der Waals surface area (Å²) >= 11 is 0. The average Bonchev–Trinajstić information content (AvgIpc) is 3.21. The number of hydrogen-bond donors (Lipinski definition) is 0. The van der Waals surface area contributed by atoms with Crippen molar-refractivity contribution in [3.63, 3.8) is 0 Å². The first-order chi connectivity index (χ1) is 30.5. The van der Waals surface area contributed by atoms with Crippen LogP contribution in [0.4, 0.5) is 0 Å². The third-order valence-electron chi connectivity index (χ3n) is 10.9. The lowest BCUT2D eigenvalue weighted by Gasteiger charge is -2.18. The van der Waals surface area contributed by atoms with E-state index in [0.717, 1.165) is 102 Å². The van der Waals surface area contributed by atoms with E-state index >= 15 is 0 Å². The fraction of sp³-hybridized carbons (Fsp3) is 0.500. The van der Waals surface area contributed by atoms with E-state index in [-0.39, 0.29) is 12.0 Å². The lowest BCUT2D eigenvalue weighted by atomic mass is 9.83. The van der Waals surface area contributed by atoms with Gasteiger partial charge in [-0.3, -0.25) is 9.59 Å². The van der Waals surface area contributed by atoms with Gasteiger partial charge in [-0.25, -0.2) is 0 Å². The van der Waals surface area contributed by atoms with Crippen molar-refractivity contribution >= 4 is 11.6 Å². The summed E-state index contributed by atoms with van der Waals surface area (Å²) < 4.78 is 56.3. The summed E-state index contributed by atoms with van der Waals surface area (Å²) in [5.41, 5.74) is 10.5. The highest BCUT2D eigenvalue weighted by Crippen LogP contribution is 2.29. The highest BCUT2D eigenvalue weighted by molar-refractivity contribution is 6.26. The van der Waals surface area contributed by atoms with Gasteiger partial charge in [0.25, 0.3) is 0 Å². The molecule has 0 atom stereocenters. The molecule has 2 rings (SSSR count). The Bertz CT molecular complexity index is 2140. The van der Waals surface area contributed by atoms with Crippen LogP contribution >= 0.6 is 0 Å². The van der Waals surface area contributed by atoms with Gasteiger partial charge >= 0.3 is 0 Å². The van der Waals surface area contributed by atoms with E-state index in [0.29, 0.717) is 6.42 Å². The molecule has 0 N–H and O–H groups in total. The molecule has 1 aromatic carbocycles. The molecule has 1 aliphatic rings. The Kier molecular flexibility index (Phi) is 19.3. The van der Waals surface area contributed by atoms with Crippen LogP contribution in [0.2, 0.25) is 0 Å². The second-order valence-corrected chi connectivity index (χ2v) is 17.0. The van der Waals surface area contributed by atoms with Gasteiger partial charge in [0.05, 0.1) is 5.48 Å². The Balaban J connectivity index is 1.73. The van der Waals surface area contributed by atoms with Crippen LogP contribution in [-0.4, -0.2) is 11.6 Å². The SMILES string of the molecule is [2H]c1c([2H])c([2H])c2c(c1[2H])C(=O)C(C/C=C(\C)CC/C=C(\C)CC/C=C(\C)CC/C=C(\C)CC/C=C(\C)CC/C=C(\C)CC/C=C(\C)CC/C=C(\C)CCC=C(C)C)=C(C([2H])([2H])[2H])C2=O. The Morgan fingerprint density at radius 1 is 0.431 bits per heavy atom. The maximum Gasteiger partial charge on any atom is 0.190 e. The lowest BCUT2D eigenvalue weighted by Crippen LogP contribution is -2.20. The van der Waals surface area contributed by atoms with E-state index in [9.17, 15) is 9.59 Å². The fourth-order valence-electron chi connectivity index (χ4n) is 6.88. The summed E-state index contributed by atoms with van der Waals surface area (Å²) in [6, 6.07) is -2.64. The van der Waals surface area contributed by atoms with Crippen molar-refractivity contribution in [1.29, 1.82) is 0 Å². The lowest BCUT2D eigenvalue weighted by molar-refractivity contribution is 0.0973. The first kappa shape index (κ1) is 39.4. The van der Waals surface area contributed by atoms with E-state index in [4.69, 9.17) is 9.60 Å². The van der Waals surface area contributed by atoms with Crippen LogP contribution < -0.4 is 0 Å². The summed E-state index contributed by atoms with van der Waals surface area (Å²) in [4.78, 5) is 26.9. The molecule has 0 saturated carbocycles. The van der Waals surface area contributed by atoms with Crippen LogP contribution in [0.25, 0.3) is 0 Å². The molecule has 2 heteroatoms. The zero-order chi connectivity index (χ0) is 48.9. The van der Waals surface area contributed by atoms with Crippen LogP contribution in [0.3, 0.4) is 0 Å². The Labute approximate surface area is 366 Å². The van der Waals surface area contributed by atoms with Gasteiger partial charge in [0.2, 0.25) is 0 Å². The summed E-state index contributed by atoms with van der Waals surface area (Å²) in [5, 5.41) is 0. The molecule has 316 valence electrons. The monoisotopic (exact) mass is 792 g/mol. The second kappa shape index (κ2) is 28.4. The molecule has 0 spiro atoms. The Morgan fingerprint density at radius 3 is 1.00 bits per heavy atom. The standard InChI is InChI=1S/C56H80O2/c1-42(2)22-14-23-43(3)24-15-25-44(4)26-16-27-45(5)28-17-29-46(6)30-18-31-47(7)32-19-33-48(8)34-20-35-49(9)36-21-37-50(10)40-41-52-51(11)55(57)53-38-12-13-39-54(53)56(52)58/h12-13,22,24,26,28,30,32,34,36,38-40H,14-21,23,25,27,29,31,33,35,37,41H2,1-11H3/b43-24+,44-26+,45-28+,46-30+,47-32+,48-34+,49-36+,50-40+/i11D3,12D,13D,38D,39D. The fourth-order valence-corrected chi connectivity index (χ4v) is 6.88. The van der Waals surface area contributed by atoms with Gasteiger partial charge in [-0.2, -0.15) is 0 Å². The minimum absolute atomic E-state index is 0.113. The van der Waals surface area contributed by atoms with E-state index in [1.165, 1.54) is 44.6 Å². The van der Waals surface area contributed by atoms with Crippen molar-refractivity contribution in [3.05, 3.63) is 151 Å². The molecule has 0 heterocycles. The molecule has 0 fully saturated rings. The van der Waals surface area contributed by atoms with Gasteiger partial charge in [-0.1, -0.05) is 129 Å². The maximum atomic E-state index is 13.5. The highest BCUT2D eigenvalue weighted by Gasteiger charge is 2.28. The molecule has 0 unspecified atom stereocenters.